The van der Waals surface area contributed by atoms with E-state index in [0.717, 1.165) is 17.7 Å². The SMILES string of the molecule is CNC(C)Cc1coc(Cc2ccc(O)cc2)n1. The van der Waals surface area contributed by atoms with Gasteiger partial charge in [0, 0.05) is 18.9 Å². The fourth-order valence-corrected chi connectivity index (χ4v) is 1.73. The molecule has 0 radical (unpaired) electrons. The van der Waals surface area contributed by atoms with Crippen LogP contribution in [0.5, 0.6) is 5.75 Å². The first-order valence-electron chi connectivity index (χ1n) is 6.06. The number of nitrogens with zero attached hydrogens (tertiary/aromatic N) is 1. The van der Waals surface area contributed by atoms with E-state index in [4.69, 9.17) is 4.42 Å². The standard InChI is InChI=1S/C14H18N2O2/c1-10(15-2)7-12-9-18-14(16-12)8-11-3-5-13(17)6-4-11/h3-6,9-10,15,17H,7-8H2,1-2H3. The van der Waals surface area contributed by atoms with Crippen LogP contribution in [0, 0.1) is 0 Å². The normalized spacial score (nSPS) is 12.6. The van der Waals surface area contributed by atoms with Crippen LogP contribution in [-0.2, 0) is 12.8 Å². The van der Waals surface area contributed by atoms with E-state index in [-0.39, 0.29) is 5.75 Å². The quantitative estimate of drug-likeness (QED) is 0.848. The highest BCUT2D eigenvalue weighted by Crippen LogP contribution is 2.14. The molecule has 0 bridgehead atoms. The minimum Gasteiger partial charge on any atom is -0.508 e. The summed E-state index contributed by atoms with van der Waals surface area (Å²) in [7, 11) is 1.93. The van der Waals surface area contributed by atoms with Gasteiger partial charge in [0.1, 0.15) is 12.0 Å². The Morgan fingerprint density at radius 3 is 2.72 bits per heavy atom. The fraction of sp³-hybridized carbons (Fsp3) is 0.357. The van der Waals surface area contributed by atoms with Gasteiger partial charge in [0.2, 0.25) is 0 Å². The Bertz CT molecular complexity index is 491. The predicted molar refractivity (Wildman–Crippen MR) is 69.6 cm³/mol. The van der Waals surface area contributed by atoms with Gasteiger partial charge in [-0.05, 0) is 31.7 Å². The molecule has 0 aliphatic rings. The molecule has 0 aliphatic carbocycles. The summed E-state index contributed by atoms with van der Waals surface area (Å²) in [5, 5.41) is 12.4. The second-order valence-electron chi connectivity index (χ2n) is 4.47. The van der Waals surface area contributed by atoms with Crippen molar-refractivity contribution >= 4 is 0 Å². The Kier molecular flexibility index (Phi) is 3.99. The Morgan fingerprint density at radius 1 is 1.33 bits per heavy atom. The van der Waals surface area contributed by atoms with Crippen molar-refractivity contribution in [2.75, 3.05) is 7.05 Å². The molecule has 1 aromatic heterocycles. The summed E-state index contributed by atoms with van der Waals surface area (Å²) in [6.07, 6.45) is 3.22. The molecule has 18 heavy (non-hydrogen) atoms. The molecule has 2 aromatic rings. The number of rotatable bonds is 5. The zero-order valence-electron chi connectivity index (χ0n) is 10.7. The molecule has 96 valence electrons. The fourth-order valence-electron chi connectivity index (χ4n) is 1.73. The van der Waals surface area contributed by atoms with Crippen LogP contribution >= 0.6 is 0 Å². The van der Waals surface area contributed by atoms with Gasteiger partial charge in [0.25, 0.3) is 0 Å². The molecule has 0 fully saturated rings. The number of benzene rings is 1. The number of phenols is 1. The highest BCUT2D eigenvalue weighted by molar-refractivity contribution is 5.27. The van der Waals surface area contributed by atoms with Crippen molar-refractivity contribution in [3.63, 3.8) is 0 Å². The summed E-state index contributed by atoms with van der Waals surface area (Å²) in [4.78, 5) is 4.45. The van der Waals surface area contributed by atoms with E-state index < -0.39 is 0 Å². The van der Waals surface area contributed by atoms with Crippen LogP contribution in [-0.4, -0.2) is 23.2 Å². The van der Waals surface area contributed by atoms with Crippen LogP contribution in [0.2, 0.25) is 0 Å². The first kappa shape index (κ1) is 12.6. The average Bonchev–Trinajstić information content (AvgIpc) is 2.79. The van der Waals surface area contributed by atoms with Crippen molar-refractivity contribution in [3.8, 4) is 5.75 Å². The molecule has 1 atom stereocenters. The molecule has 0 spiro atoms. The van der Waals surface area contributed by atoms with Gasteiger partial charge in [-0.2, -0.15) is 0 Å². The van der Waals surface area contributed by atoms with Gasteiger partial charge in [-0.1, -0.05) is 12.1 Å². The molecule has 0 amide bonds. The Hall–Kier alpha value is -1.81. The van der Waals surface area contributed by atoms with E-state index in [2.05, 4.69) is 17.2 Å². The predicted octanol–water partition coefficient (Wildman–Crippen LogP) is 2.12. The topological polar surface area (TPSA) is 58.3 Å². The minimum absolute atomic E-state index is 0.273. The van der Waals surface area contributed by atoms with E-state index in [1.165, 1.54) is 0 Å². The van der Waals surface area contributed by atoms with Gasteiger partial charge >= 0.3 is 0 Å². The molecule has 1 heterocycles. The smallest absolute Gasteiger partial charge is 0.198 e. The lowest BCUT2D eigenvalue weighted by atomic mass is 10.1. The third kappa shape index (κ3) is 3.34. The summed E-state index contributed by atoms with van der Waals surface area (Å²) in [6.45, 7) is 2.11. The summed E-state index contributed by atoms with van der Waals surface area (Å²) in [5.41, 5.74) is 2.04. The van der Waals surface area contributed by atoms with Gasteiger partial charge < -0.3 is 14.8 Å². The minimum atomic E-state index is 0.273. The van der Waals surface area contributed by atoms with Gasteiger partial charge in [0.05, 0.1) is 5.69 Å². The van der Waals surface area contributed by atoms with Crippen LogP contribution in [0.1, 0.15) is 24.1 Å². The summed E-state index contributed by atoms with van der Waals surface area (Å²) >= 11 is 0. The molecule has 4 nitrogen and oxygen atoms in total. The summed E-state index contributed by atoms with van der Waals surface area (Å²) in [6, 6.07) is 7.46. The second-order valence-corrected chi connectivity index (χ2v) is 4.47. The monoisotopic (exact) mass is 246 g/mol. The number of likely N-dealkylation sites (N-methyl/N-ethyl adjacent to an activating group) is 1. The number of hydrogen-bond donors (Lipinski definition) is 2. The highest BCUT2D eigenvalue weighted by Gasteiger charge is 2.08. The number of phenolic OH excluding ortho intramolecular Hbond substituents is 1. The van der Waals surface area contributed by atoms with E-state index in [0.29, 0.717) is 18.4 Å². The molecule has 0 saturated carbocycles. The number of hydrogen-bond acceptors (Lipinski definition) is 4. The first-order valence-corrected chi connectivity index (χ1v) is 6.06. The van der Waals surface area contributed by atoms with E-state index >= 15 is 0 Å². The van der Waals surface area contributed by atoms with Crippen molar-refractivity contribution in [3.05, 3.63) is 47.7 Å². The Labute approximate surface area is 107 Å². The van der Waals surface area contributed by atoms with Crippen molar-refractivity contribution in [2.24, 2.45) is 0 Å². The van der Waals surface area contributed by atoms with Crippen LogP contribution in [0.25, 0.3) is 0 Å². The first-order chi connectivity index (χ1) is 8.67. The Morgan fingerprint density at radius 2 is 2.06 bits per heavy atom. The van der Waals surface area contributed by atoms with E-state index in [1.807, 2.05) is 19.2 Å². The third-order valence-corrected chi connectivity index (χ3v) is 2.90. The number of aromatic nitrogens is 1. The van der Waals surface area contributed by atoms with Crippen molar-refractivity contribution < 1.29 is 9.52 Å². The lowest BCUT2D eigenvalue weighted by molar-refractivity contribution is 0.474. The van der Waals surface area contributed by atoms with Crippen molar-refractivity contribution in [1.29, 1.82) is 0 Å². The molecule has 0 aliphatic heterocycles. The Balaban J connectivity index is 2.00. The number of oxazole rings is 1. The molecule has 2 rings (SSSR count). The zero-order valence-corrected chi connectivity index (χ0v) is 10.7. The van der Waals surface area contributed by atoms with Gasteiger partial charge in [-0.15, -0.1) is 0 Å². The summed E-state index contributed by atoms with van der Waals surface area (Å²) in [5.74, 6) is 0.980. The maximum atomic E-state index is 9.21. The molecular formula is C14H18N2O2. The molecule has 0 saturated heterocycles. The van der Waals surface area contributed by atoms with Crippen LogP contribution in [0.15, 0.2) is 34.9 Å². The molecule has 1 unspecified atom stereocenters. The number of nitrogens with one attached hydrogen (secondary N) is 1. The van der Waals surface area contributed by atoms with Gasteiger partial charge in [-0.3, -0.25) is 0 Å². The maximum Gasteiger partial charge on any atom is 0.198 e. The summed E-state index contributed by atoms with van der Waals surface area (Å²) < 4.78 is 5.44. The molecule has 4 heteroatoms. The molecule has 2 N–H and O–H groups in total. The van der Waals surface area contributed by atoms with E-state index in [9.17, 15) is 5.11 Å². The van der Waals surface area contributed by atoms with Crippen LogP contribution in [0.3, 0.4) is 0 Å². The van der Waals surface area contributed by atoms with Crippen molar-refractivity contribution in [1.82, 2.24) is 10.3 Å². The number of aromatic hydroxyl groups is 1. The van der Waals surface area contributed by atoms with Crippen LogP contribution in [0.4, 0.5) is 0 Å². The average molecular weight is 246 g/mol. The molecule has 1 aromatic carbocycles. The van der Waals surface area contributed by atoms with E-state index in [1.54, 1.807) is 18.4 Å². The lowest BCUT2D eigenvalue weighted by Gasteiger charge is -2.05. The zero-order chi connectivity index (χ0) is 13.0. The van der Waals surface area contributed by atoms with Crippen LogP contribution < -0.4 is 5.32 Å². The third-order valence-electron chi connectivity index (χ3n) is 2.90. The highest BCUT2D eigenvalue weighted by atomic mass is 16.3. The van der Waals surface area contributed by atoms with Gasteiger partial charge in [-0.25, -0.2) is 4.98 Å². The molecular weight excluding hydrogens is 228 g/mol. The van der Waals surface area contributed by atoms with Crippen molar-refractivity contribution in [2.45, 2.75) is 25.8 Å². The van der Waals surface area contributed by atoms with Gasteiger partial charge in [0.15, 0.2) is 5.89 Å². The largest absolute Gasteiger partial charge is 0.508 e. The second kappa shape index (κ2) is 5.69. The lowest BCUT2D eigenvalue weighted by Crippen LogP contribution is -2.23. The maximum absolute atomic E-state index is 9.21.